The first-order valence-corrected chi connectivity index (χ1v) is 10.6. The number of halogens is 2. The molecule has 4 aliphatic heterocycles. The maximum absolute atomic E-state index is 13.9. The van der Waals surface area contributed by atoms with Crippen molar-refractivity contribution < 1.29 is 18.3 Å². The second kappa shape index (κ2) is 7.70. The van der Waals surface area contributed by atoms with E-state index in [1.165, 1.54) is 6.20 Å². The number of aromatic amines is 1. The average molecular weight is 433 g/mol. The maximum Gasteiger partial charge on any atom is 0.269 e. The van der Waals surface area contributed by atoms with Crippen LogP contribution in [0.15, 0.2) is 18.3 Å². The molecular weight excluding hydrogens is 408 g/mol. The van der Waals surface area contributed by atoms with E-state index in [0.29, 0.717) is 17.2 Å². The molecule has 9 nitrogen and oxygen atoms in total. The number of carbonyl (C=O) groups excluding carboxylic acids is 1. The number of aromatic nitrogens is 4. The van der Waals surface area contributed by atoms with Gasteiger partial charge in [-0.3, -0.25) is 9.89 Å². The Morgan fingerprint density at radius 2 is 2.13 bits per heavy atom. The number of fused-ring (bicyclic) bond motifs is 2. The van der Waals surface area contributed by atoms with Gasteiger partial charge in [0.1, 0.15) is 11.4 Å². The summed E-state index contributed by atoms with van der Waals surface area (Å²) < 4.78 is 33.6. The van der Waals surface area contributed by atoms with Gasteiger partial charge in [-0.1, -0.05) is 0 Å². The molecule has 0 aromatic carbocycles. The summed E-state index contributed by atoms with van der Waals surface area (Å²) in [4.78, 5) is 16.4. The zero-order valence-corrected chi connectivity index (χ0v) is 17.2. The molecule has 2 bridgehead atoms. The minimum absolute atomic E-state index is 0.133. The number of nitrogens with zero attached hydrogens (tertiary/aromatic N) is 5. The van der Waals surface area contributed by atoms with Crippen molar-refractivity contribution in [2.75, 3.05) is 29.4 Å². The Bertz CT molecular complexity index is 939. The van der Waals surface area contributed by atoms with Crippen LogP contribution in [0.3, 0.4) is 0 Å². The molecule has 6 rings (SSSR count). The van der Waals surface area contributed by atoms with E-state index < -0.39 is 5.92 Å². The molecule has 4 aliphatic rings. The SMILES string of the molecule is CC1CC(F)(F)CCN1c1cc(N2CC3CC(C2)O3)nnc1CNC(=O)c1ccn[nH]1. The van der Waals surface area contributed by atoms with E-state index in [4.69, 9.17) is 4.74 Å². The predicted molar refractivity (Wildman–Crippen MR) is 108 cm³/mol. The maximum atomic E-state index is 13.9. The number of carbonyl (C=O) groups is 1. The quantitative estimate of drug-likeness (QED) is 0.741. The van der Waals surface area contributed by atoms with Crippen molar-refractivity contribution in [1.82, 2.24) is 25.7 Å². The molecular formula is C20H25F2N7O2. The highest BCUT2D eigenvalue weighted by molar-refractivity contribution is 5.92. The highest BCUT2D eigenvalue weighted by atomic mass is 19.3. The van der Waals surface area contributed by atoms with Gasteiger partial charge in [-0.15, -0.1) is 10.2 Å². The summed E-state index contributed by atoms with van der Waals surface area (Å²) in [5, 5.41) is 18.0. The van der Waals surface area contributed by atoms with Crippen LogP contribution in [0.4, 0.5) is 20.3 Å². The summed E-state index contributed by atoms with van der Waals surface area (Å²) >= 11 is 0. The van der Waals surface area contributed by atoms with Gasteiger partial charge in [-0.05, 0) is 13.0 Å². The second-order valence-corrected chi connectivity index (χ2v) is 8.56. The smallest absolute Gasteiger partial charge is 0.269 e. The molecule has 3 unspecified atom stereocenters. The van der Waals surface area contributed by atoms with Crippen LogP contribution in [0.1, 0.15) is 42.4 Å². The first-order valence-electron chi connectivity index (χ1n) is 10.6. The van der Waals surface area contributed by atoms with Crippen LogP contribution in [0.5, 0.6) is 0 Å². The van der Waals surface area contributed by atoms with E-state index in [9.17, 15) is 13.6 Å². The number of rotatable bonds is 5. The van der Waals surface area contributed by atoms with E-state index in [1.54, 1.807) is 13.0 Å². The summed E-state index contributed by atoms with van der Waals surface area (Å²) in [5.74, 6) is -2.28. The number of hydrogen-bond acceptors (Lipinski definition) is 7. The van der Waals surface area contributed by atoms with Gasteiger partial charge in [0.25, 0.3) is 11.8 Å². The number of ether oxygens (including phenoxy) is 1. The average Bonchev–Trinajstić information content (AvgIpc) is 3.26. The van der Waals surface area contributed by atoms with Gasteiger partial charge in [-0.2, -0.15) is 5.10 Å². The topological polar surface area (TPSA) is 99.3 Å². The van der Waals surface area contributed by atoms with Crippen LogP contribution in [-0.4, -0.2) is 70.1 Å². The van der Waals surface area contributed by atoms with Gasteiger partial charge in [0.15, 0.2) is 5.82 Å². The Hall–Kier alpha value is -2.82. The first kappa shape index (κ1) is 20.1. The lowest BCUT2D eigenvalue weighted by atomic mass is 9.98. The van der Waals surface area contributed by atoms with E-state index in [0.717, 1.165) is 25.2 Å². The molecule has 166 valence electrons. The lowest BCUT2D eigenvalue weighted by Crippen LogP contribution is -2.57. The standard InChI is InChI=1S/C20H25F2N7O2/c1-12-8-20(21,22)3-5-29(12)17-7-18(28-10-13-6-14(11-28)31-13)27-26-16(17)9-23-19(30)15-2-4-24-25-15/h2,4,7,12-14H,3,5-6,8-11H2,1H3,(H,23,30)(H,24,25). The highest BCUT2D eigenvalue weighted by Crippen LogP contribution is 2.37. The van der Waals surface area contributed by atoms with E-state index in [2.05, 4.69) is 30.6 Å². The molecule has 11 heteroatoms. The largest absolute Gasteiger partial charge is 0.371 e. The number of hydrogen-bond donors (Lipinski definition) is 2. The van der Waals surface area contributed by atoms with E-state index in [1.807, 2.05) is 11.0 Å². The van der Waals surface area contributed by atoms with Crippen molar-refractivity contribution in [3.05, 3.63) is 29.7 Å². The molecule has 3 atom stereocenters. The van der Waals surface area contributed by atoms with Gasteiger partial charge < -0.3 is 19.9 Å². The second-order valence-electron chi connectivity index (χ2n) is 8.56. The van der Waals surface area contributed by atoms with Crippen LogP contribution in [0, 0.1) is 0 Å². The number of piperidine rings is 2. The van der Waals surface area contributed by atoms with Gasteiger partial charge >= 0.3 is 0 Å². The zero-order valence-electron chi connectivity index (χ0n) is 17.2. The Morgan fingerprint density at radius 3 is 2.81 bits per heavy atom. The third-order valence-corrected chi connectivity index (χ3v) is 6.23. The number of H-pyrrole nitrogens is 1. The van der Waals surface area contributed by atoms with Crippen molar-refractivity contribution in [2.45, 2.75) is 56.9 Å². The molecule has 0 saturated carbocycles. The predicted octanol–water partition coefficient (Wildman–Crippen LogP) is 1.73. The first-order chi connectivity index (χ1) is 14.9. The lowest BCUT2D eigenvalue weighted by Gasteiger charge is -2.47. The number of anilines is 2. The fraction of sp³-hybridized carbons (Fsp3) is 0.600. The molecule has 4 fully saturated rings. The molecule has 1 amide bonds. The van der Waals surface area contributed by atoms with Crippen molar-refractivity contribution in [1.29, 1.82) is 0 Å². The molecule has 0 spiro atoms. The summed E-state index contributed by atoms with van der Waals surface area (Å²) in [5.41, 5.74) is 1.62. The van der Waals surface area contributed by atoms with Gasteiger partial charge in [0.05, 0.1) is 24.4 Å². The Kier molecular flexibility index (Phi) is 4.99. The van der Waals surface area contributed by atoms with Gasteiger partial charge in [0, 0.05) is 57.2 Å². The molecule has 0 aliphatic carbocycles. The molecule has 6 heterocycles. The minimum Gasteiger partial charge on any atom is -0.371 e. The molecule has 2 N–H and O–H groups in total. The van der Waals surface area contributed by atoms with E-state index in [-0.39, 0.29) is 50.1 Å². The molecule has 4 saturated heterocycles. The monoisotopic (exact) mass is 433 g/mol. The highest BCUT2D eigenvalue weighted by Gasteiger charge is 2.41. The summed E-state index contributed by atoms with van der Waals surface area (Å²) in [6.07, 6.45) is 2.56. The third kappa shape index (κ3) is 4.06. The molecule has 2 aromatic rings. The Balaban J connectivity index is 1.40. The fourth-order valence-electron chi connectivity index (χ4n) is 4.62. The van der Waals surface area contributed by atoms with Crippen LogP contribution in [0.25, 0.3) is 0 Å². The zero-order chi connectivity index (χ0) is 21.6. The summed E-state index contributed by atoms with van der Waals surface area (Å²) in [7, 11) is 0. The molecule has 2 aromatic heterocycles. The van der Waals surface area contributed by atoms with E-state index >= 15 is 0 Å². The normalized spacial score (nSPS) is 27.0. The Morgan fingerprint density at radius 1 is 1.35 bits per heavy atom. The van der Waals surface area contributed by atoms with Crippen LogP contribution in [-0.2, 0) is 11.3 Å². The minimum atomic E-state index is -2.67. The van der Waals surface area contributed by atoms with Crippen LogP contribution in [0.2, 0.25) is 0 Å². The van der Waals surface area contributed by atoms with Gasteiger partial charge in [0.2, 0.25) is 0 Å². The molecule has 31 heavy (non-hydrogen) atoms. The van der Waals surface area contributed by atoms with Crippen LogP contribution >= 0.6 is 0 Å². The summed E-state index contributed by atoms with van der Waals surface area (Å²) in [6, 6.07) is 3.12. The van der Waals surface area contributed by atoms with Crippen molar-refractivity contribution in [2.24, 2.45) is 0 Å². The number of alkyl halides is 2. The van der Waals surface area contributed by atoms with Crippen molar-refractivity contribution in [3.63, 3.8) is 0 Å². The Labute approximate surface area is 178 Å². The number of amides is 1. The fourth-order valence-corrected chi connectivity index (χ4v) is 4.62. The van der Waals surface area contributed by atoms with Crippen molar-refractivity contribution in [3.8, 4) is 0 Å². The van der Waals surface area contributed by atoms with Gasteiger partial charge in [-0.25, -0.2) is 8.78 Å². The van der Waals surface area contributed by atoms with Crippen LogP contribution < -0.4 is 15.1 Å². The number of morpholine rings is 1. The van der Waals surface area contributed by atoms with Crippen molar-refractivity contribution >= 4 is 17.4 Å². The summed E-state index contributed by atoms with van der Waals surface area (Å²) in [6.45, 7) is 3.63. The number of nitrogens with one attached hydrogen (secondary N) is 2. The molecule has 0 radical (unpaired) electrons. The third-order valence-electron chi connectivity index (χ3n) is 6.23. The lowest BCUT2D eigenvalue weighted by molar-refractivity contribution is -0.133.